The Labute approximate surface area is 189 Å². The van der Waals surface area contributed by atoms with Gasteiger partial charge in [0.15, 0.2) is 0 Å². The van der Waals surface area contributed by atoms with Gasteiger partial charge >= 0.3 is 6.03 Å². The Kier molecular flexibility index (Phi) is 4.42. The van der Waals surface area contributed by atoms with E-state index in [1.165, 1.54) is 0 Å². The van der Waals surface area contributed by atoms with Gasteiger partial charge in [0.25, 0.3) is 0 Å². The number of aryl methyl sites for hydroxylation is 1. The normalized spacial score (nSPS) is 21.6. The molecule has 1 aliphatic carbocycles. The number of urea groups is 1. The van der Waals surface area contributed by atoms with Crippen LogP contribution in [0, 0.1) is 6.92 Å². The molecule has 0 saturated heterocycles. The van der Waals surface area contributed by atoms with Gasteiger partial charge in [0, 0.05) is 29.9 Å². The van der Waals surface area contributed by atoms with Gasteiger partial charge in [0.05, 0.1) is 12.0 Å². The number of amides is 3. The summed E-state index contributed by atoms with van der Waals surface area (Å²) in [5.41, 5.74) is 2.91. The molecule has 2 aromatic heterocycles. The van der Waals surface area contributed by atoms with Crippen LogP contribution in [0.3, 0.4) is 0 Å². The van der Waals surface area contributed by atoms with E-state index < -0.39 is 0 Å². The Hall–Kier alpha value is -4.14. The predicted octanol–water partition coefficient (Wildman–Crippen LogP) is 3.51. The van der Waals surface area contributed by atoms with Gasteiger partial charge in [-0.1, -0.05) is 0 Å². The third-order valence-corrected chi connectivity index (χ3v) is 6.11. The van der Waals surface area contributed by atoms with Crippen LogP contribution in [0.15, 0.2) is 48.8 Å². The Bertz CT molecular complexity index is 1290. The first-order chi connectivity index (χ1) is 16.0. The summed E-state index contributed by atoms with van der Waals surface area (Å²) in [5, 5.41) is 8.53. The fraction of sp³-hybridized carbons (Fsp3) is 0.250. The van der Waals surface area contributed by atoms with Crippen LogP contribution in [0.25, 0.3) is 0 Å². The van der Waals surface area contributed by atoms with Gasteiger partial charge in [-0.25, -0.2) is 14.8 Å². The Balaban J connectivity index is 1.15. The van der Waals surface area contributed by atoms with Crippen LogP contribution in [0.4, 0.5) is 16.4 Å². The van der Waals surface area contributed by atoms with Crippen LogP contribution < -0.4 is 25.4 Å². The highest BCUT2D eigenvalue weighted by molar-refractivity contribution is 5.93. The molecule has 1 saturated carbocycles. The molecule has 3 atom stereocenters. The number of carbonyl (C=O) groups is 2. The van der Waals surface area contributed by atoms with Crippen LogP contribution in [-0.4, -0.2) is 34.1 Å². The lowest BCUT2D eigenvalue weighted by molar-refractivity contribution is -0.116. The summed E-state index contributed by atoms with van der Waals surface area (Å²) in [6, 6.07) is 10.8. The Morgan fingerprint density at radius 2 is 2.03 bits per heavy atom. The molecule has 9 nitrogen and oxygen atoms in total. The van der Waals surface area contributed by atoms with Gasteiger partial charge in [-0.15, -0.1) is 0 Å². The largest absolute Gasteiger partial charge is 0.487 e. The highest BCUT2D eigenvalue weighted by atomic mass is 16.5. The molecule has 33 heavy (non-hydrogen) atoms. The smallest absolute Gasteiger partial charge is 0.320 e. The van der Waals surface area contributed by atoms with Crippen molar-refractivity contribution in [2.45, 2.75) is 37.8 Å². The summed E-state index contributed by atoms with van der Waals surface area (Å²) in [7, 11) is 0. The lowest BCUT2D eigenvalue weighted by Crippen LogP contribution is -2.34. The van der Waals surface area contributed by atoms with Crippen molar-refractivity contribution in [1.29, 1.82) is 0 Å². The number of ether oxygens (including phenoxy) is 2. The Morgan fingerprint density at radius 3 is 2.91 bits per heavy atom. The van der Waals surface area contributed by atoms with E-state index in [0.29, 0.717) is 36.0 Å². The molecule has 6 rings (SSSR count). The first-order valence-electron chi connectivity index (χ1n) is 10.8. The summed E-state index contributed by atoms with van der Waals surface area (Å²) in [4.78, 5) is 32.4. The first kappa shape index (κ1) is 19.5. The van der Waals surface area contributed by atoms with Crippen LogP contribution in [0.5, 0.6) is 17.2 Å². The molecule has 0 spiro atoms. The SMILES string of the molecule is Cc1ccnc(NC(=O)N[C@H]2[C@@H]3Oc4ccc(Oc5ccnc6c5CCC(=O)N6)cc4[C@H]23)c1. The van der Waals surface area contributed by atoms with Crippen molar-refractivity contribution in [2.75, 3.05) is 10.6 Å². The lowest BCUT2D eigenvalue weighted by Gasteiger charge is -2.19. The summed E-state index contributed by atoms with van der Waals surface area (Å²) < 4.78 is 12.2. The number of rotatable bonds is 4. The summed E-state index contributed by atoms with van der Waals surface area (Å²) >= 11 is 0. The molecule has 4 heterocycles. The van der Waals surface area contributed by atoms with Crippen molar-refractivity contribution in [2.24, 2.45) is 0 Å². The van der Waals surface area contributed by atoms with Gasteiger partial charge in [-0.05, 0) is 55.3 Å². The van der Waals surface area contributed by atoms with Gasteiger partial charge in [0.2, 0.25) is 5.91 Å². The monoisotopic (exact) mass is 443 g/mol. The van der Waals surface area contributed by atoms with Crippen molar-refractivity contribution >= 4 is 23.6 Å². The average molecular weight is 443 g/mol. The second kappa shape index (κ2) is 7.47. The fourth-order valence-electron chi connectivity index (χ4n) is 4.46. The van der Waals surface area contributed by atoms with E-state index in [1.807, 2.05) is 37.3 Å². The minimum absolute atomic E-state index is 0.0395. The lowest BCUT2D eigenvalue weighted by atomic mass is 10.1. The zero-order valence-electron chi connectivity index (χ0n) is 17.8. The molecular weight excluding hydrogens is 422 g/mol. The molecule has 1 aromatic carbocycles. The van der Waals surface area contributed by atoms with Crippen molar-refractivity contribution in [3.63, 3.8) is 0 Å². The van der Waals surface area contributed by atoms with E-state index in [2.05, 4.69) is 25.9 Å². The van der Waals surface area contributed by atoms with Crippen LogP contribution >= 0.6 is 0 Å². The van der Waals surface area contributed by atoms with Crippen molar-refractivity contribution in [1.82, 2.24) is 15.3 Å². The fourth-order valence-corrected chi connectivity index (χ4v) is 4.46. The Morgan fingerprint density at radius 1 is 1.15 bits per heavy atom. The number of benzene rings is 1. The number of aromatic nitrogens is 2. The van der Waals surface area contributed by atoms with E-state index in [4.69, 9.17) is 9.47 Å². The third-order valence-electron chi connectivity index (χ3n) is 6.11. The first-order valence-corrected chi connectivity index (χ1v) is 10.8. The maximum Gasteiger partial charge on any atom is 0.320 e. The molecule has 0 unspecified atom stereocenters. The number of nitrogens with one attached hydrogen (secondary N) is 3. The molecule has 3 aliphatic rings. The number of carbonyl (C=O) groups excluding carboxylic acids is 2. The topological polar surface area (TPSA) is 114 Å². The van der Waals surface area contributed by atoms with E-state index in [1.54, 1.807) is 18.5 Å². The number of nitrogens with zero attached hydrogens (tertiary/aromatic N) is 2. The molecule has 2 aliphatic heterocycles. The second-order valence-corrected chi connectivity index (χ2v) is 8.44. The zero-order chi connectivity index (χ0) is 22.5. The van der Waals surface area contributed by atoms with Gasteiger partial charge in [-0.2, -0.15) is 0 Å². The zero-order valence-corrected chi connectivity index (χ0v) is 17.8. The van der Waals surface area contributed by atoms with Crippen molar-refractivity contribution in [3.05, 3.63) is 65.5 Å². The molecule has 0 radical (unpaired) electrons. The van der Waals surface area contributed by atoms with E-state index >= 15 is 0 Å². The molecule has 0 bridgehead atoms. The maximum absolute atomic E-state index is 12.4. The van der Waals surface area contributed by atoms with Crippen LogP contribution in [0.1, 0.15) is 29.0 Å². The number of hydrogen-bond acceptors (Lipinski definition) is 6. The molecule has 3 N–H and O–H groups in total. The van der Waals surface area contributed by atoms with Gasteiger partial charge < -0.3 is 20.1 Å². The summed E-state index contributed by atoms with van der Waals surface area (Å²) in [5.74, 6) is 3.24. The third kappa shape index (κ3) is 3.61. The second-order valence-electron chi connectivity index (χ2n) is 8.44. The van der Waals surface area contributed by atoms with Crippen LogP contribution in [-0.2, 0) is 11.2 Å². The van der Waals surface area contributed by atoms with E-state index in [9.17, 15) is 9.59 Å². The highest BCUT2D eigenvalue weighted by Gasteiger charge is 2.59. The van der Waals surface area contributed by atoms with Gasteiger partial charge in [0.1, 0.15) is 35.0 Å². The molecule has 3 amide bonds. The van der Waals surface area contributed by atoms with Crippen LogP contribution in [0.2, 0.25) is 0 Å². The number of pyridine rings is 2. The maximum atomic E-state index is 12.4. The highest BCUT2D eigenvalue weighted by Crippen LogP contribution is 2.54. The molecular formula is C24H21N5O4. The quantitative estimate of drug-likeness (QED) is 0.569. The van der Waals surface area contributed by atoms with Crippen molar-refractivity contribution in [3.8, 4) is 17.2 Å². The minimum atomic E-state index is -0.310. The summed E-state index contributed by atoms with van der Waals surface area (Å²) in [6.45, 7) is 1.94. The predicted molar refractivity (Wildman–Crippen MR) is 120 cm³/mol. The molecule has 1 fully saturated rings. The minimum Gasteiger partial charge on any atom is -0.487 e. The molecule has 166 valence electrons. The van der Waals surface area contributed by atoms with E-state index in [-0.39, 0.29) is 30.0 Å². The average Bonchev–Trinajstić information content (AvgIpc) is 3.30. The molecule has 3 aromatic rings. The summed E-state index contributed by atoms with van der Waals surface area (Å²) in [6.07, 6.45) is 4.18. The van der Waals surface area contributed by atoms with Gasteiger partial charge in [-0.3, -0.25) is 10.1 Å². The van der Waals surface area contributed by atoms with Crippen molar-refractivity contribution < 1.29 is 19.1 Å². The number of fused-ring (bicyclic) bond motifs is 4. The standard InChI is InChI=1S/C24H21N5O4/c1-12-6-8-25-18(10-12)27-24(31)29-21-20-15-11-13(2-4-16(15)33-22(20)21)32-17-7-9-26-23-14(17)3-5-19(30)28-23/h2,4,6-11,20-22H,3,5H2,1H3,(H,26,28,30)(H2,25,27,29,31)/t20-,21-,22-/m1/s1. The van der Waals surface area contributed by atoms with E-state index in [0.717, 1.165) is 22.4 Å². The number of anilines is 2. The number of hydrogen-bond donors (Lipinski definition) is 3. The molecule has 9 heteroatoms.